The molecule has 2 aromatic rings. The van der Waals surface area contributed by atoms with Crippen molar-refractivity contribution in [3.05, 3.63) is 39.3 Å². The van der Waals surface area contributed by atoms with Gasteiger partial charge in [0.25, 0.3) is 0 Å². The van der Waals surface area contributed by atoms with Crippen LogP contribution < -0.4 is 9.61 Å². The lowest BCUT2D eigenvalue weighted by molar-refractivity contribution is -0.137. The second-order valence-electron chi connectivity index (χ2n) is 4.27. The van der Waals surface area contributed by atoms with E-state index in [1.165, 1.54) is 0 Å². The molecule has 0 spiro atoms. The first-order chi connectivity index (χ1) is 9.61. The molecular formula is C14H15NO4S. The standard InChI is InChI=1S/C14H15NO4S/c1-19-11-5-2-4-10(8-11)12-9-20-14(18)15(12)7-3-6-13(16)17/h2,4-5,8-9H,3,6-7H2,1H3,(H,16,17). The van der Waals surface area contributed by atoms with Gasteiger partial charge in [0.1, 0.15) is 5.75 Å². The van der Waals surface area contributed by atoms with Crippen LogP contribution in [0.1, 0.15) is 12.8 Å². The van der Waals surface area contributed by atoms with Crippen LogP contribution in [0.4, 0.5) is 0 Å². The third kappa shape index (κ3) is 3.27. The van der Waals surface area contributed by atoms with Crippen molar-refractivity contribution in [3.63, 3.8) is 0 Å². The molecule has 6 heteroatoms. The van der Waals surface area contributed by atoms with Crippen molar-refractivity contribution in [1.82, 2.24) is 4.57 Å². The van der Waals surface area contributed by atoms with E-state index in [9.17, 15) is 9.59 Å². The molecule has 0 aliphatic rings. The zero-order chi connectivity index (χ0) is 14.5. The molecule has 5 nitrogen and oxygen atoms in total. The summed E-state index contributed by atoms with van der Waals surface area (Å²) in [5.41, 5.74) is 1.68. The van der Waals surface area contributed by atoms with Crippen LogP contribution in [-0.4, -0.2) is 22.8 Å². The Balaban J connectivity index is 2.27. The zero-order valence-electron chi connectivity index (χ0n) is 11.0. The van der Waals surface area contributed by atoms with Gasteiger partial charge in [-0.05, 0) is 18.6 Å². The molecule has 1 N–H and O–H groups in total. The minimum absolute atomic E-state index is 0.0554. The summed E-state index contributed by atoms with van der Waals surface area (Å²) < 4.78 is 6.79. The quantitative estimate of drug-likeness (QED) is 0.888. The second kappa shape index (κ2) is 6.38. The van der Waals surface area contributed by atoms with Gasteiger partial charge in [0.2, 0.25) is 0 Å². The normalized spacial score (nSPS) is 10.4. The Kier molecular flexibility index (Phi) is 4.57. The minimum atomic E-state index is -0.851. The molecule has 1 heterocycles. The largest absolute Gasteiger partial charge is 0.497 e. The Labute approximate surface area is 120 Å². The molecule has 0 radical (unpaired) electrons. The second-order valence-corrected chi connectivity index (χ2v) is 5.09. The summed E-state index contributed by atoms with van der Waals surface area (Å²) in [6.45, 7) is 0.404. The first-order valence-electron chi connectivity index (χ1n) is 6.16. The van der Waals surface area contributed by atoms with Crippen molar-refractivity contribution in [2.75, 3.05) is 7.11 Å². The van der Waals surface area contributed by atoms with Gasteiger partial charge in [0.15, 0.2) is 0 Å². The van der Waals surface area contributed by atoms with Gasteiger partial charge in [0.05, 0.1) is 12.8 Å². The molecule has 0 unspecified atom stereocenters. The van der Waals surface area contributed by atoms with E-state index in [2.05, 4.69) is 0 Å². The maximum atomic E-state index is 11.8. The van der Waals surface area contributed by atoms with Crippen LogP contribution in [0.2, 0.25) is 0 Å². The van der Waals surface area contributed by atoms with E-state index in [1.54, 1.807) is 17.1 Å². The van der Waals surface area contributed by atoms with Crippen LogP contribution in [0.15, 0.2) is 34.4 Å². The molecule has 0 saturated carbocycles. The highest BCUT2D eigenvalue weighted by molar-refractivity contribution is 7.07. The molecule has 0 fully saturated rings. The minimum Gasteiger partial charge on any atom is -0.497 e. The Bertz CT molecular complexity index is 659. The average Bonchev–Trinajstić information content (AvgIpc) is 2.80. The number of thiazole rings is 1. The Morgan fingerprint density at radius 3 is 2.95 bits per heavy atom. The maximum absolute atomic E-state index is 11.8. The van der Waals surface area contributed by atoms with Crippen LogP contribution in [0, 0.1) is 0 Å². The van der Waals surface area contributed by atoms with Gasteiger partial charge in [0, 0.05) is 23.9 Å². The number of nitrogens with zero attached hydrogens (tertiary/aromatic N) is 1. The lowest BCUT2D eigenvalue weighted by atomic mass is 10.1. The fourth-order valence-corrected chi connectivity index (χ4v) is 2.73. The fourth-order valence-electron chi connectivity index (χ4n) is 1.94. The number of carboxylic acids is 1. The monoisotopic (exact) mass is 293 g/mol. The molecule has 0 aliphatic heterocycles. The Morgan fingerprint density at radius 1 is 1.45 bits per heavy atom. The highest BCUT2D eigenvalue weighted by Crippen LogP contribution is 2.24. The predicted molar refractivity (Wildman–Crippen MR) is 77.4 cm³/mol. The fraction of sp³-hybridized carbons (Fsp3) is 0.286. The van der Waals surface area contributed by atoms with Gasteiger partial charge >= 0.3 is 10.8 Å². The third-order valence-corrected chi connectivity index (χ3v) is 3.68. The number of hydrogen-bond donors (Lipinski definition) is 1. The van der Waals surface area contributed by atoms with Crippen LogP contribution in [0.3, 0.4) is 0 Å². The third-order valence-electron chi connectivity index (χ3n) is 2.92. The number of aliphatic carboxylic acids is 1. The van der Waals surface area contributed by atoms with Gasteiger partial charge in [-0.15, -0.1) is 0 Å². The smallest absolute Gasteiger partial charge is 0.307 e. The molecule has 20 heavy (non-hydrogen) atoms. The van der Waals surface area contributed by atoms with Crippen molar-refractivity contribution >= 4 is 17.3 Å². The number of ether oxygens (including phenoxy) is 1. The number of benzene rings is 1. The van der Waals surface area contributed by atoms with Crippen LogP contribution in [0.25, 0.3) is 11.3 Å². The van der Waals surface area contributed by atoms with Gasteiger partial charge < -0.3 is 9.84 Å². The van der Waals surface area contributed by atoms with Crippen molar-refractivity contribution < 1.29 is 14.6 Å². The highest BCUT2D eigenvalue weighted by atomic mass is 32.1. The Morgan fingerprint density at radius 2 is 2.25 bits per heavy atom. The van der Waals surface area contributed by atoms with Gasteiger partial charge in [-0.2, -0.15) is 0 Å². The maximum Gasteiger partial charge on any atom is 0.307 e. The molecule has 1 aromatic carbocycles. The number of aromatic nitrogens is 1. The molecule has 0 amide bonds. The molecular weight excluding hydrogens is 278 g/mol. The van der Waals surface area contributed by atoms with Gasteiger partial charge in [-0.1, -0.05) is 23.5 Å². The summed E-state index contributed by atoms with van der Waals surface area (Å²) in [6.07, 6.45) is 0.489. The number of hydrogen-bond acceptors (Lipinski definition) is 4. The lowest BCUT2D eigenvalue weighted by Gasteiger charge is -2.08. The SMILES string of the molecule is COc1cccc(-c2csc(=O)n2CCCC(=O)O)c1. The van der Waals surface area contributed by atoms with Gasteiger partial charge in [-0.25, -0.2) is 0 Å². The van der Waals surface area contributed by atoms with E-state index in [1.807, 2.05) is 24.3 Å². The van der Waals surface area contributed by atoms with Crippen LogP contribution >= 0.6 is 11.3 Å². The van der Waals surface area contributed by atoms with E-state index in [4.69, 9.17) is 9.84 Å². The van der Waals surface area contributed by atoms with Crippen LogP contribution in [-0.2, 0) is 11.3 Å². The number of rotatable bonds is 6. The van der Waals surface area contributed by atoms with E-state index in [0.717, 1.165) is 28.3 Å². The van der Waals surface area contributed by atoms with E-state index < -0.39 is 5.97 Å². The van der Waals surface area contributed by atoms with Crippen molar-refractivity contribution in [1.29, 1.82) is 0 Å². The van der Waals surface area contributed by atoms with Crippen molar-refractivity contribution in [3.8, 4) is 17.0 Å². The molecule has 106 valence electrons. The number of carbonyl (C=O) groups is 1. The summed E-state index contributed by atoms with van der Waals surface area (Å²) in [7, 11) is 1.59. The highest BCUT2D eigenvalue weighted by Gasteiger charge is 2.10. The molecule has 0 aliphatic carbocycles. The molecule has 0 bridgehead atoms. The summed E-state index contributed by atoms with van der Waals surface area (Å²) in [5.74, 6) is -0.130. The zero-order valence-corrected chi connectivity index (χ0v) is 11.9. The first-order valence-corrected chi connectivity index (χ1v) is 7.04. The average molecular weight is 293 g/mol. The summed E-state index contributed by atoms with van der Waals surface area (Å²) in [5, 5.41) is 10.5. The van der Waals surface area contributed by atoms with Gasteiger partial charge in [-0.3, -0.25) is 14.2 Å². The summed E-state index contributed by atoms with van der Waals surface area (Å²) in [6, 6.07) is 7.45. The number of carboxylic acid groups (broad SMARTS) is 1. The molecule has 0 saturated heterocycles. The lowest BCUT2D eigenvalue weighted by Crippen LogP contribution is -2.15. The van der Waals surface area contributed by atoms with Crippen LogP contribution in [0.5, 0.6) is 5.75 Å². The van der Waals surface area contributed by atoms with E-state index in [0.29, 0.717) is 13.0 Å². The summed E-state index contributed by atoms with van der Waals surface area (Å²) in [4.78, 5) is 22.3. The topological polar surface area (TPSA) is 68.5 Å². The van der Waals surface area contributed by atoms with Crippen molar-refractivity contribution in [2.45, 2.75) is 19.4 Å². The predicted octanol–water partition coefficient (Wildman–Crippen LogP) is 2.45. The molecule has 0 atom stereocenters. The molecule has 2 rings (SSSR count). The number of methoxy groups -OCH3 is 1. The van der Waals surface area contributed by atoms with E-state index in [-0.39, 0.29) is 11.3 Å². The van der Waals surface area contributed by atoms with E-state index >= 15 is 0 Å². The summed E-state index contributed by atoms with van der Waals surface area (Å²) >= 11 is 1.12. The van der Waals surface area contributed by atoms with Crippen molar-refractivity contribution in [2.24, 2.45) is 0 Å². The first kappa shape index (κ1) is 14.3. The Hall–Kier alpha value is -2.08. The molecule has 1 aromatic heterocycles.